The van der Waals surface area contributed by atoms with Crippen molar-refractivity contribution in [3.63, 3.8) is 0 Å². The highest BCUT2D eigenvalue weighted by Crippen LogP contribution is 2.41. The smallest absolute Gasteiger partial charge is 0.407 e. The molecule has 14 heteroatoms. The van der Waals surface area contributed by atoms with Gasteiger partial charge in [-0.25, -0.2) is 4.79 Å². The molecule has 0 saturated carbocycles. The van der Waals surface area contributed by atoms with Crippen LogP contribution < -0.4 is 25.3 Å². The SMILES string of the molecule is Cc1cc2c(cc1C(=O)N(C(C)C)[C@@H]1CC[C@H](CCO[Si](c3ccccc3)(c3ccccc3)C(C)(C)C)N(C(=O)O)C1)N(CCNC(=O)C(F)F)C(=O)C(C)(C)O2. The molecule has 0 aromatic heterocycles. The van der Waals surface area contributed by atoms with E-state index in [-0.39, 0.29) is 48.4 Å². The van der Waals surface area contributed by atoms with E-state index in [1.807, 2.05) is 50.2 Å². The summed E-state index contributed by atoms with van der Waals surface area (Å²) in [4.78, 5) is 57.0. The van der Waals surface area contributed by atoms with Crippen molar-refractivity contribution in [1.82, 2.24) is 15.1 Å². The summed E-state index contributed by atoms with van der Waals surface area (Å²) in [5.41, 5.74) is -0.127. The first-order chi connectivity index (χ1) is 26.8. The van der Waals surface area contributed by atoms with Crippen LogP contribution >= 0.6 is 0 Å². The lowest BCUT2D eigenvalue weighted by molar-refractivity contribution is -0.133. The predicted molar refractivity (Wildman–Crippen MR) is 218 cm³/mol. The van der Waals surface area contributed by atoms with Crippen LogP contribution in [0.2, 0.25) is 5.04 Å². The summed E-state index contributed by atoms with van der Waals surface area (Å²) in [6.45, 7) is 15.4. The molecule has 2 N–H and O–H groups in total. The minimum absolute atomic E-state index is 0.110. The fraction of sp³-hybridized carbons (Fsp3) is 0.488. The Morgan fingerprint density at radius 1 is 1.02 bits per heavy atom. The third-order valence-corrected chi connectivity index (χ3v) is 16.1. The number of ether oxygens (including phenoxy) is 1. The van der Waals surface area contributed by atoms with Crippen molar-refractivity contribution in [2.45, 2.75) is 110 Å². The van der Waals surface area contributed by atoms with E-state index in [0.29, 0.717) is 42.7 Å². The largest absolute Gasteiger partial charge is 0.476 e. The van der Waals surface area contributed by atoms with E-state index >= 15 is 0 Å². The standard InChI is InChI=1S/C43H56F2N4O7Si/c1-28(2)49(39(51)34-26-35-36(25-29(34)3)56-43(7,8)40(52)47(35)23-22-46-38(50)37(44)45)31-20-19-30(48(27-31)41(53)54)21-24-55-57(42(4,5)6,32-15-11-9-12-16-32)33-17-13-10-14-18-33/h9-18,25-26,28,30-31,37H,19-24,27H2,1-8H3,(H,46,50)(H,53,54)/t30-,31-/m1/s1. The summed E-state index contributed by atoms with van der Waals surface area (Å²) in [5.74, 6) is -1.90. The van der Waals surface area contributed by atoms with Crippen molar-refractivity contribution in [1.29, 1.82) is 0 Å². The van der Waals surface area contributed by atoms with Crippen LogP contribution in [0.15, 0.2) is 72.8 Å². The molecule has 308 valence electrons. The second-order valence-electron chi connectivity index (χ2n) is 16.7. The zero-order valence-electron chi connectivity index (χ0n) is 34.2. The number of anilines is 1. The molecule has 0 unspecified atom stereocenters. The van der Waals surface area contributed by atoms with Gasteiger partial charge in [0, 0.05) is 43.9 Å². The number of piperidine rings is 1. The van der Waals surface area contributed by atoms with Crippen LogP contribution in [-0.2, 0) is 14.0 Å². The normalized spacial score (nSPS) is 18.3. The molecule has 2 atom stereocenters. The molecule has 2 aliphatic heterocycles. The quantitative estimate of drug-likeness (QED) is 0.197. The molecule has 3 aromatic rings. The van der Waals surface area contributed by atoms with E-state index in [2.05, 4.69) is 50.4 Å². The molecule has 3 aromatic carbocycles. The number of fused-ring (bicyclic) bond motifs is 1. The van der Waals surface area contributed by atoms with Crippen molar-refractivity contribution in [2.24, 2.45) is 0 Å². The number of likely N-dealkylation sites (tertiary alicyclic amines) is 1. The Labute approximate surface area is 335 Å². The molecule has 11 nitrogen and oxygen atoms in total. The van der Waals surface area contributed by atoms with Crippen molar-refractivity contribution in [3.8, 4) is 5.75 Å². The average molecular weight is 807 g/mol. The number of carbonyl (C=O) groups excluding carboxylic acids is 3. The number of hydrogen-bond donors (Lipinski definition) is 2. The molecule has 0 radical (unpaired) electrons. The summed E-state index contributed by atoms with van der Waals surface area (Å²) in [5, 5.41) is 14.7. The van der Waals surface area contributed by atoms with Gasteiger partial charge in [0.05, 0.1) is 11.7 Å². The second kappa shape index (κ2) is 17.4. The maximum atomic E-state index is 14.5. The molecular formula is C43H56F2N4O7Si. The Morgan fingerprint density at radius 3 is 2.14 bits per heavy atom. The highest BCUT2D eigenvalue weighted by atomic mass is 28.4. The molecule has 1 saturated heterocycles. The highest BCUT2D eigenvalue weighted by Gasteiger charge is 2.50. The van der Waals surface area contributed by atoms with E-state index in [0.717, 1.165) is 10.4 Å². The molecular weight excluding hydrogens is 751 g/mol. The third-order valence-electron chi connectivity index (χ3n) is 11.1. The number of hydrogen-bond acceptors (Lipinski definition) is 6. The summed E-state index contributed by atoms with van der Waals surface area (Å²) >= 11 is 0. The van der Waals surface area contributed by atoms with Gasteiger partial charge >= 0.3 is 12.5 Å². The van der Waals surface area contributed by atoms with Crippen molar-refractivity contribution < 1.29 is 42.2 Å². The van der Waals surface area contributed by atoms with Crippen molar-refractivity contribution in [2.75, 3.05) is 31.1 Å². The molecule has 0 spiro atoms. The Hall–Kier alpha value is -4.82. The van der Waals surface area contributed by atoms with Crippen LogP contribution in [-0.4, -0.2) is 103 Å². The van der Waals surface area contributed by atoms with Crippen LogP contribution in [0.1, 0.15) is 83.7 Å². The number of nitrogens with zero attached hydrogens (tertiary/aromatic N) is 3. The average Bonchev–Trinajstić information content (AvgIpc) is 3.15. The van der Waals surface area contributed by atoms with Crippen LogP contribution in [0.25, 0.3) is 0 Å². The Morgan fingerprint density at radius 2 is 1.61 bits per heavy atom. The first-order valence-electron chi connectivity index (χ1n) is 19.6. The predicted octanol–water partition coefficient (Wildman–Crippen LogP) is 6.21. The Bertz CT molecular complexity index is 1880. The van der Waals surface area contributed by atoms with Gasteiger partial charge in [0.2, 0.25) is 0 Å². The number of benzene rings is 3. The second-order valence-corrected chi connectivity index (χ2v) is 21.0. The van der Waals surface area contributed by atoms with Crippen molar-refractivity contribution in [3.05, 3.63) is 83.9 Å². The molecule has 2 heterocycles. The Balaban J connectivity index is 1.37. The van der Waals surface area contributed by atoms with Gasteiger partial charge in [-0.15, -0.1) is 0 Å². The third kappa shape index (κ3) is 9.01. The van der Waals surface area contributed by atoms with E-state index in [4.69, 9.17) is 9.16 Å². The maximum absolute atomic E-state index is 14.5. The van der Waals surface area contributed by atoms with Gasteiger partial charge in [-0.2, -0.15) is 8.78 Å². The van der Waals surface area contributed by atoms with E-state index in [1.54, 1.807) is 37.8 Å². The molecule has 0 bridgehead atoms. The first kappa shape index (κ1) is 43.3. The number of alkyl halides is 2. The molecule has 5 rings (SSSR count). The fourth-order valence-electron chi connectivity index (χ4n) is 8.38. The number of aryl methyl sites for hydroxylation is 1. The highest BCUT2D eigenvalue weighted by molar-refractivity contribution is 6.99. The molecule has 4 amide bonds. The summed E-state index contributed by atoms with van der Waals surface area (Å²) in [6.07, 6.45) is -2.69. The van der Waals surface area contributed by atoms with Crippen LogP contribution in [0.5, 0.6) is 5.75 Å². The number of rotatable bonds is 13. The van der Waals surface area contributed by atoms with Gasteiger partial charge in [-0.05, 0) is 87.0 Å². The molecule has 1 fully saturated rings. The van der Waals surface area contributed by atoms with Gasteiger partial charge < -0.3 is 34.3 Å². The fourth-order valence-corrected chi connectivity index (χ4v) is 13.0. The number of carbonyl (C=O) groups is 4. The number of carboxylic acid groups (broad SMARTS) is 1. The lowest BCUT2D eigenvalue weighted by Crippen LogP contribution is -2.66. The van der Waals surface area contributed by atoms with Gasteiger partial charge in [0.15, 0.2) is 5.60 Å². The first-order valence-corrected chi connectivity index (χ1v) is 21.5. The number of nitrogens with one attached hydrogen (secondary N) is 1. The molecule has 2 aliphatic rings. The maximum Gasteiger partial charge on any atom is 0.407 e. The van der Waals surface area contributed by atoms with Crippen LogP contribution in [0.3, 0.4) is 0 Å². The monoisotopic (exact) mass is 806 g/mol. The van der Waals surface area contributed by atoms with E-state index in [9.17, 15) is 33.1 Å². The lowest BCUT2D eigenvalue weighted by atomic mass is 9.93. The number of amides is 4. The van der Waals surface area contributed by atoms with Gasteiger partial charge in [0.1, 0.15) is 5.75 Å². The zero-order chi connectivity index (χ0) is 41.9. The summed E-state index contributed by atoms with van der Waals surface area (Å²) < 4.78 is 38.9. The van der Waals surface area contributed by atoms with Gasteiger partial charge in [0.25, 0.3) is 26.0 Å². The Kier molecular flexibility index (Phi) is 13.2. The number of halogens is 2. The van der Waals surface area contributed by atoms with Crippen LogP contribution in [0, 0.1) is 6.92 Å². The minimum Gasteiger partial charge on any atom is -0.476 e. The zero-order valence-corrected chi connectivity index (χ0v) is 35.2. The summed E-state index contributed by atoms with van der Waals surface area (Å²) in [6, 6.07) is 22.8. The topological polar surface area (TPSA) is 129 Å². The minimum atomic E-state index is -3.20. The molecule has 0 aliphatic carbocycles. The molecule has 57 heavy (non-hydrogen) atoms. The van der Waals surface area contributed by atoms with E-state index in [1.165, 1.54) is 9.80 Å². The lowest BCUT2D eigenvalue weighted by Gasteiger charge is -2.45. The van der Waals surface area contributed by atoms with Gasteiger partial charge in [-0.1, -0.05) is 81.4 Å². The summed E-state index contributed by atoms with van der Waals surface area (Å²) in [7, 11) is -2.83. The van der Waals surface area contributed by atoms with Crippen LogP contribution in [0.4, 0.5) is 19.3 Å². The van der Waals surface area contributed by atoms with Crippen molar-refractivity contribution >= 4 is 48.2 Å². The van der Waals surface area contributed by atoms with Gasteiger partial charge in [-0.3, -0.25) is 14.4 Å². The van der Waals surface area contributed by atoms with E-state index < -0.39 is 44.3 Å².